The van der Waals surface area contributed by atoms with Crippen molar-refractivity contribution in [3.8, 4) is 5.75 Å². The van der Waals surface area contributed by atoms with Crippen LogP contribution in [-0.4, -0.2) is 31.9 Å². The van der Waals surface area contributed by atoms with E-state index in [0.29, 0.717) is 5.02 Å². The number of aryl methyl sites for hydroxylation is 1. The maximum Gasteiger partial charge on any atom is 0.119 e. The summed E-state index contributed by atoms with van der Waals surface area (Å²) in [5.74, 6) is 0.822. The highest BCUT2D eigenvalue weighted by Crippen LogP contribution is 2.32. The Morgan fingerprint density at radius 3 is 2.57 bits per heavy atom. The molecule has 2 aromatic rings. The molecule has 2 rings (SSSR count). The summed E-state index contributed by atoms with van der Waals surface area (Å²) in [6.45, 7) is 5.01. The fraction of sp³-hybridized carbons (Fsp3) is 0.278. The van der Waals surface area contributed by atoms with Gasteiger partial charge in [-0.25, -0.2) is 4.99 Å². The van der Waals surface area contributed by atoms with Gasteiger partial charge < -0.3 is 15.0 Å². The summed E-state index contributed by atoms with van der Waals surface area (Å²) in [5.41, 5.74) is 3.74. The maximum atomic E-state index is 6.38. The summed E-state index contributed by atoms with van der Waals surface area (Å²) >= 11 is 6.38. The Bertz CT molecular complexity index is 683. The minimum atomic E-state index is 0.637. The number of methoxy groups -OCH3 is 1. The van der Waals surface area contributed by atoms with Crippen molar-refractivity contribution in [1.82, 2.24) is 4.90 Å². The van der Waals surface area contributed by atoms with Crippen LogP contribution in [0, 0.1) is 6.92 Å². The summed E-state index contributed by atoms with van der Waals surface area (Å²) in [6.07, 6.45) is 1.81. The second-order valence-corrected chi connectivity index (χ2v) is 5.70. The third-order valence-corrected chi connectivity index (χ3v) is 3.86. The minimum absolute atomic E-state index is 0.637. The number of anilines is 2. The lowest BCUT2D eigenvalue weighted by molar-refractivity contribution is 0.415. The lowest BCUT2D eigenvalue weighted by Gasteiger charge is -2.13. The second kappa shape index (κ2) is 7.88. The Morgan fingerprint density at radius 1 is 1.26 bits per heavy atom. The second-order valence-electron chi connectivity index (χ2n) is 5.29. The molecule has 0 atom stereocenters. The third kappa shape index (κ3) is 4.63. The first-order chi connectivity index (χ1) is 11.0. The van der Waals surface area contributed by atoms with Crippen LogP contribution in [0.1, 0.15) is 12.5 Å². The van der Waals surface area contributed by atoms with Crippen LogP contribution in [0.25, 0.3) is 0 Å². The zero-order valence-electron chi connectivity index (χ0n) is 13.9. The van der Waals surface area contributed by atoms with E-state index in [1.165, 1.54) is 0 Å². The zero-order valence-corrected chi connectivity index (χ0v) is 14.7. The Kier molecular flexibility index (Phi) is 5.88. The molecule has 0 spiro atoms. The molecule has 0 unspecified atom stereocenters. The van der Waals surface area contributed by atoms with Gasteiger partial charge in [-0.3, -0.25) is 0 Å². The van der Waals surface area contributed by atoms with Gasteiger partial charge in [0.25, 0.3) is 0 Å². The number of rotatable bonds is 6. The molecule has 0 fully saturated rings. The van der Waals surface area contributed by atoms with Crippen LogP contribution in [0.5, 0.6) is 5.75 Å². The average Bonchev–Trinajstić information content (AvgIpc) is 2.57. The molecule has 0 saturated carbocycles. The van der Waals surface area contributed by atoms with Crippen molar-refractivity contribution in [3.05, 3.63) is 47.0 Å². The van der Waals surface area contributed by atoms with Crippen LogP contribution in [0.2, 0.25) is 5.02 Å². The van der Waals surface area contributed by atoms with Crippen molar-refractivity contribution in [2.45, 2.75) is 13.8 Å². The van der Waals surface area contributed by atoms with Crippen LogP contribution in [0.15, 0.2) is 41.4 Å². The molecule has 23 heavy (non-hydrogen) atoms. The fourth-order valence-corrected chi connectivity index (χ4v) is 2.18. The standard InChI is InChI=1S/C18H22ClN3O/c1-5-22(3)12-20-17-11-16(19)18(10-13(17)2)21-14-6-8-15(23-4)9-7-14/h6-12,21H,5H2,1-4H3/b20-12-. The smallest absolute Gasteiger partial charge is 0.119 e. The fourth-order valence-electron chi connectivity index (χ4n) is 1.98. The van der Waals surface area contributed by atoms with Gasteiger partial charge in [-0.2, -0.15) is 0 Å². The van der Waals surface area contributed by atoms with E-state index in [4.69, 9.17) is 16.3 Å². The molecule has 0 aliphatic heterocycles. The minimum Gasteiger partial charge on any atom is -0.497 e. The Morgan fingerprint density at radius 2 is 1.96 bits per heavy atom. The summed E-state index contributed by atoms with van der Waals surface area (Å²) in [5, 5.41) is 3.95. The van der Waals surface area contributed by atoms with E-state index in [-0.39, 0.29) is 0 Å². The van der Waals surface area contributed by atoms with E-state index >= 15 is 0 Å². The van der Waals surface area contributed by atoms with E-state index in [1.807, 2.05) is 61.6 Å². The highest BCUT2D eigenvalue weighted by atomic mass is 35.5. The number of aliphatic imine (C=N–C) groups is 1. The average molecular weight is 332 g/mol. The normalized spacial score (nSPS) is 10.8. The molecule has 5 heteroatoms. The summed E-state index contributed by atoms with van der Waals surface area (Å²) in [6, 6.07) is 11.6. The van der Waals surface area contributed by atoms with Gasteiger partial charge in [0.15, 0.2) is 0 Å². The van der Waals surface area contributed by atoms with E-state index in [1.54, 1.807) is 7.11 Å². The predicted molar refractivity (Wildman–Crippen MR) is 98.9 cm³/mol. The topological polar surface area (TPSA) is 36.9 Å². The van der Waals surface area contributed by atoms with Gasteiger partial charge in [0.05, 0.1) is 29.8 Å². The Balaban J connectivity index is 2.20. The monoisotopic (exact) mass is 331 g/mol. The molecule has 0 amide bonds. The van der Waals surface area contributed by atoms with Crippen LogP contribution < -0.4 is 10.1 Å². The molecule has 0 aromatic heterocycles. The van der Waals surface area contributed by atoms with Gasteiger partial charge in [-0.1, -0.05) is 11.6 Å². The summed E-state index contributed by atoms with van der Waals surface area (Å²) in [4.78, 5) is 6.49. The van der Waals surface area contributed by atoms with Crippen molar-refractivity contribution in [2.24, 2.45) is 4.99 Å². The van der Waals surface area contributed by atoms with Crippen LogP contribution >= 0.6 is 11.6 Å². The molecule has 2 aromatic carbocycles. The summed E-state index contributed by atoms with van der Waals surface area (Å²) < 4.78 is 5.16. The van der Waals surface area contributed by atoms with E-state index in [9.17, 15) is 0 Å². The van der Waals surface area contributed by atoms with Gasteiger partial charge >= 0.3 is 0 Å². The molecule has 0 bridgehead atoms. The van der Waals surface area contributed by atoms with Crippen LogP contribution in [-0.2, 0) is 0 Å². The van der Waals surface area contributed by atoms with Crippen LogP contribution in [0.4, 0.5) is 17.1 Å². The van der Waals surface area contributed by atoms with E-state index in [2.05, 4.69) is 17.2 Å². The quantitative estimate of drug-likeness (QED) is 0.597. The highest BCUT2D eigenvalue weighted by molar-refractivity contribution is 6.33. The van der Waals surface area contributed by atoms with Gasteiger partial charge in [-0.05, 0) is 55.8 Å². The van der Waals surface area contributed by atoms with Crippen LogP contribution in [0.3, 0.4) is 0 Å². The SMILES string of the molecule is CCN(C)/C=N\c1cc(Cl)c(Nc2ccc(OC)cc2)cc1C. The molecule has 0 heterocycles. The zero-order chi connectivity index (χ0) is 16.8. The maximum absolute atomic E-state index is 6.38. The van der Waals surface area contributed by atoms with Crippen molar-refractivity contribution >= 4 is 35.0 Å². The lowest BCUT2D eigenvalue weighted by atomic mass is 10.1. The van der Waals surface area contributed by atoms with Gasteiger partial charge in [0, 0.05) is 19.3 Å². The highest BCUT2D eigenvalue weighted by Gasteiger charge is 2.06. The van der Waals surface area contributed by atoms with E-state index < -0.39 is 0 Å². The molecule has 4 nitrogen and oxygen atoms in total. The Labute approximate surface area is 142 Å². The van der Waals surface area contributed by atoms with Crippen molar-refractivity contribution in [1.29, 1.82) is 0 Å². The first-order valence-electron chi connectivity index (χ1n) is 7.49. The number of hydrogen-bond donors (Lipinski definition) is 1. The number of hydrogen-bond acceptors (Lipinski definition) is 3. The Hall–Kier alpha value is -2.20. The molecular weight excluding hydrogens is 310 g/mol. The molecule has 122 valence electrons. The number of halogens is 1. The molecule has 0 saturated heterocycles. The van der Waals surface area contributed by atoms with Gasteiger partial charge in [0.1, 0.15) is 5.75 Å². The van der Waals surface area contributed by atoms with Gasteiger partial charge in [-0.15, -0.1) is 0 Å². The molecule has 1 N–H and O–H groups in total. The number of nitrogens with zero attached hydrogens (tertiary/aromatic N) is 2. The van der Waals surface area contributed by atoms with Crippen molar-refractivity contribution < 1.29 is 4.74 Å². The summed E-state index contributed by atoms with van der Waals surface area (Å²) in [7, 11) is 3.64. The number of nitrogens with one attached hydrogen (secondary N) is 1. The first kappa shape index (κ1) is 17.2. The molecule has 0 aliphatic rings. The number of benzene rings is 2. The van der Waals surface area contributed by atoms with Gasteiger partial charge in [0.2, 0.25) is 0 Å². The van der Waals surface area contributed by atoms with Crippen molar-refractivity contribution in [2.75, 3.05) is 26.0 Å². The van der Waals surface area contributed by atoms with E-state index in [0.717, 1.165) is 34.9 Å². The predicted octanol–water partition coefficient (Wildman–Crippen LogP) is 5.01. The molecular formula is C18H22ClN3O. The lowest BCUT2D eigenvalue weighted by Crippen LogP contribution is -2.14. The molecule has 0 radical (unpaired) electrons. The van der Waals surface area contributed by atoms with Crippen molar-refractivity contribution in [3.63, 3.8) is 0 Å². The largest absolute Gasteiger partial charge is 0.497 e. The number of ether oxygens (including phenoxy) is 1. The third-order valence-electron chi connectivity index (χ3n) is 3.55. The first-order valence-corrected chi connectivity index (χ1v) is 7.87. The molecule has 0 aliphatic carbocycles.